The number of para-hydroxylation sites is 1. The van der Waals surface area contributed by atoms with E-state index in [0.717, 1.165) is 10.9 Å². The fourth-order valence-corrected chi connectivity index (χ4v) is 1.85. The first-order valence-corrected chi connectivity index (χ1v) is 6.62. The van der Waals surface area contributed by atoms with E-state index in [-0.39, 0.29) is 6.42 Å². The Morgan fingerprint density at radius 3 is 2.71 bits per heavy atom. The fourth-order valence-electron chi connectivity index (χ4n) is 1.85. The summed E-state index contributed by atoms with van der Waals surface area (Å²) in [4.78, 5) is 27.3. The van der Waals surface area contributed by atoms with Gasteiger partial charge in [-0.3, -0.25) is 4.98 Å². The Balaban J connectivity index is 2.12. The van der Waals surface area contributed by atoms with Crippen LogP contribution in [0.1, 0.15) is 20.3 Å². The zero-order chi connectivity index (χ0) is 15.5. The molecule has 1 atom stereocenters. The normalized spacial score (nSPS) is 13.4. The molecule has 0 saturated heterocycles. The van der Waals surface area contributed by atoms with Gasteiger partial charge in [0.05, 0.1) is 17.4 Å². The highest BCUT2D eigenvalue weighted by molar-refractivity contribution is 5.95. The predicted molar refractivity (Wildman–Crippen MR) is 80.2 cm³/mol. The van der Waals surface area contributed by atoms with Crippen molar-refractivity contribution in [3.8, 4) is 0 Å². The maximum absolute atomic E-state index is 11.9. The van der Waals surface area contributed by atoms with E-state index < -0.39 is 17.5 Å². The van der Waals surface area contributed by atoms with Crippen molar-refractivity contribution in [3.63, 3.8) is 0 Å². The number of hydrogen-bond donors (Lipinski definition) is 3. The molecule has 1 aromatic heterocycles. The van der Waals surface area contributed by atoms with Crippen LogP contribution in [0.25, 0.3) is 10.9 Å². The van der Waals surface area contributed by atoms with Gasteiger partial charge in [-0.1, -0.05) is 25.1 Å². The average molecular weight is 287 g/mol. The molecular weight excluding hydrogens is 270 g/mol. The summed E-state index contributed by atoms with van der Waals surface area (Å²) in [7, 11) is 0. The number of nitrogens with one attached hydrogen (secondary N) is 2. The van der Waals surface area contributed by atoms with Gasteiger partial charge in [0.15, 0.2) is 0 Å². The number of urea groups is 1. The second-order valence-electron chi connectivity index (χ2n) is 4.99. The van der Waals surface area contributed by atoms with E-state index in [1.807, 2.05) is 24.3 Å². The van der Waals surface area contributed by atoms with Crippen LogP contribution >= 0.6 is 0 Å². The lowest BCUT2D eigenvalue weighted by Crippen LogP contribution is -2.53. The van der Waals surface area contributed by atoms with Crippen molar-refractivity contribution < 1.29 is 14.7 Å². The summed E-state index contributed by atoms with van der Waals surface area (Å²) in [5.41, 5.74) is 0.0383. The molecule has 2 amide bonds. The van der Waals surface area contributed by atoms with E-state index >= 15 is 0 Å². The smallest absolute Gasteiger partial charge is 0.329 e. The lowest BCUT2D eigenvalue weighted by atomic mass is 10.00. The Hall–Kier alpha value is -2.63. The Morgan fingerprint density at radius 1 is 1.33 bits per heavy atom. The van der Waals surface area contributed by atoms with Crippen LogP contribution in [0.5, 0.6) is 0 Å². The third-order valence-electron chi connectivity index (χ3n) is 3.42. The minimum absolute atomic E-state index is 0.283. The fraction of sp³-hybridized carbons (Fsp3) is 0.267. The van der Waals surface area contributed by atoms with Crippen molar-refractivity contribution in [2.24, 2.45) is 0 Å². The first-order chi connectivity index (χ1) is 9.94. The zero-order valence-corrected chi connectivity index (χ0v) is 11.9. The molecule has 6 nitrogen and oxygen atoms in total. The van der Waals surface area contributed by atoms with E-state index in [9.17, 15) is 9.59 Å². The Bertz CT molecular complexity index is 687. The van der Waals surface area contributed by atoms with Gasteiger partial charge in [0.25, 0.3) is 0 Å². The number of rotatable bonds is 4. The highest BCUT2D eigenvalue weighted by Crippen LogP contribution is 2.16. The van der Waals surface area contributed by atoms with Gasteiger partial charge in [0.1, 0.15) is 5.54 Å². The SMILES string of the molecule is CCC(C)(NC(=O)Nc1cnc2ccccc2c1)C(=O)O. The molecule has 3 N–H and O–H groups in total. The summed E-state index contributed by atoms with van der Waals surface area (Å²) in [6.45, 7) is 3.17. The summed E-state index contributed by atoms with van der Waals surface area (Å²) >= 11 is 0. The van der Waals surface area contributed by atoms with E-state index in [2.05, 4.69) is 15.6 Å². The van der Waals surface area contributed by atoms with E-state index in [1.165, 1.54) is 13.1 Å². The Morgan fingerprint density at radius 2 is 2.05 bits per heavy atom. The molecule has 0 bridgehead atoms. The van der Waals surface area contributed by atoms with E-state index in [4.69, 9.17) is 5.11 Å². The van der Waals surface area contributed by atoms with Crippen LogP contribution in [0.15, 0.2) is 36.5 Å². The Labute approximate surface area is 122 Å². The van der Waals surface area contributed by atoms with Crippen molar-refractivity contribution in [1.29, 1.82) is 0 Å². The number of nitrogens with zero attached hydrogens (tertiary/aromatic N) is 1. The summed E-state index contributed by atoms with van der Waals surface area (Å²) in [6, 6.07) is 8.74. The lowest BCUT2D eigenvalue weighted by molar-refractivity contribution is -0.143. The van der Waals surface area contributed by atoms with Crippen molar-refractivity contribution in [3.05, 3.63) is 36.5 Å². The van der Waals surface area contributed by atoms with E-state index in [1.54, 1.807) is 13.0 Å². The number of pyridine rings is 1. The highest BCUT2D eigenvalue weighted by Gasteiger charge is 2.32. The first kappa shape index (κ1) is 14.8. The molecule has 6 heteroatoms. The van der Waals surface area contributed by atoms with Crippen LogP contribution in [0, 0.1) is 0 Å². The predicted octanol–water partition coefficient (Wildman–Crippen LogP) is 2.61. The number of anilines is 1. The summed E-state index contributed by atoms with van der Waals surface area (Å²) < 4.78 is 0. The lowest BCUT2D eigenvalue weighted by Gasteiger charge is -2.24. The molecule has 110 valence electrons. The minimum atomic E-state index is -1.30. The molecule has 0 aliphatic rings. The number of carbonyl (C=O) groups is 2. The number of aromatic nitrogens is 1. The minimum Gasteiger partial charge on any atom is -0.480 e. The van der Waals surface area contributed by atoms with Gasteiger partial charge in [0.2, 0.25) is 0 Å². The second-order valence-corrected chi connectivity index (χ2v) is 4.99. The number of carbonyl (C=O) groups excluding carboxylic acids is 1. The molecule has 0 saturated carbocycles. The maximum Gasteiger partial charge on any atom is 0.329 e. The van der Waals surface area contributed by atoms with Crippen molar-refractivity contribution >= 4 is 28.6 Å². The molecule has 2 rings (SSSR count). The van der Waals surface area contributed by atoms with Gasteiger partial charge in [-0.25, -0.2) is 9.59 Å². The van der Waals surface area contributed by atoms with Gasteiger partial charge < -0.3 is 15.7 Å². The van der Waals surface area contributed by atoms with Gasteiger partial charge in [-0.2, -0.15) is 0 Å². The van der Waals surface area contributed by atoms with Crippen molar-refractivity contribution in [2.75, 3.05) is 5.32 Å². The number of hydrogen-bond acceptors (Lipinski definition) is 3. The molecule has 0 spiro atoms. The van der Waals surface area contributed by atoms with Gasteiger partial charge in [-0.15, -0.1) is 0 Å². The summed E-state index contributed by atoms with van der Waals surface area (Å²) in [5, 5.41) is 15.1. The number of benzene rings is 1. The van der Waals surface area contributed by atoms with Crippen LogP contribution in [0.3, 0.4) is 0 Å². The molecular formula is C15H17N3O3. The Kier molecular flexibility index (Phi) is 4.07. The second kappa shape index (κ2) is 5.78. The van der Waals surface area contributed by atoms with Gasteiger partial charge in [0, 0.05) is 5.39 Å². The molecule has 21 heavy (non-hydrogen) atoms. The highest BCUT2D eigenvalue weighted by atomic mass is 16.4. The molecule has 0 radical (unpaired) electrons. The molecule has 1 aromatic carbocycles. The number of carboxylic acids is 1. The third-order valence-corrected chi connectivity index (χ3v) is 3.42. The number of aliphatic carboxylic acids is 1. The quantitative estimate of drug-likeness (QED) is 0.806. The van der Waals surface area contributed by atoms with Gasteiger partial charge >= 0.3 is 12.0 Å². The molecule has 0 fully saturated rings. The standard InChI is InChI=1S/C15H17N3O3/c1-3-15(2,13(19)20)18-14(21)17-11-8-10-6-4-5-7-12(10)16-9-11/h4-9H,3H2,1-2H3,(H,19,20)(H2,17,18,21). The van der Waals surface area contributed by atoms with Crippen LogP contribution in [-0.2, 0) is 4.79 Å². The topological polar surface area (TPSA) is 91.3 Å². The first-order valence-electron chi connectivity index (χ1n) is 6.62. The van der Waals surface area contributed by atoms with Crippen molar-refractivity contribution in [1.82, 2.24) is 10.3 Å². The largest absolute Gasteiger partial charge is 0.480 e. The van der Waals surface area contributed by atoms with Crippen molar-refractivity contribution in [2.45, 2.75) is 25.8 Å². The molecule has 0 aliphatic carbocycles. The maximum atomic E-state index is 11.9. The van der Waals surface area contributed by atoms with Gasteiger partial charge in [-0.05, 0) is 25.5 Å². The molecule has 0 aliphatic heterocycles. The molecule has 1 unspecified atom stereocenters. The summed E-state index contributed by atoms with van der Waals surface area (Å²) in [5.74, 6) is -1.07. The van der Waals surface area contributed by atoms with E-state index in [0.29, 0.717) is 5.69 Å². The number of fused-ring (bicyclic) bond motifs is 1. The monoisotopic (exact) mass is 287 g/mol. The van der Waals surface area contributed by atoms with Crippen LogP contribution in [-0.4, -0.2) is 27.6 Å². The molecule has 2 aromatic rings. The molecule has 1 heterocycles. The third kappa shape index (κ3) is 3.28. The average Bonchev–Trinajstić information content (AvgIpc) is 2.46. The van der Waals surface area contributed by atoms with Crippen LogP contribution < -0.4 is 10.6 Å². The number of amides is 2. The van der Waals surface area contributed by atoms with Crippen LogP contribution in [0.4, 0.5) is 10.5 Å². The number of carboxylic acid groups (broad SMARTS) is 1. The van der Waals surface area contributed by atoms with Crippen LogP contribution in [0.2, 0.25) is 0 Å². The zero-order valence-electron chi connectivity index (χ0n) is 11.9. The summed E-state index contributed by atoms with van der Waals surface area (Å²) in [6.07, 6.45) is 1.82.